The summed E-state index contributed by atoms with van der Waals surface area (Å²) in [4.78, 5) is 27.6. The Hall–Kier alpha value is -3.23. The number of carbonyl (C=O) groups is 2. The maximum absolute atomic E-state index is 14.5. The van der Waals surface area contributed by atoms with Crippen molar-refractivity contribution in [1.82, 2.24) is 4.90 Å². The van der Waals surface area contributed by atoms with Crippen LogP contribution in [0, 0.1) is 5.82 Å². The largest absolute Gasteiger partial charge is 0.508 e. The Labute approximate surface area is 180 Å². The summed E-state index contributed by atoms with van der Waals surface area (Å²) in [5.74, 6) is -2.35. The van der Waals surface area contributed by atoms with E-state index >= 15 is 0 Å². The molecule has 3 rings (SSSR count). The number of nitrogens with zero attached hydrogens (tertiary/aromatic N) is 1. The summed E-state index contributed by atoms with van der Waals surface area (Å²) in [7, 11) is 0. The van der Waals surface area contributed by atoms with E-state index in [0.29, 0.717) is 25.4 Å². The molecule has 1 aliphatic heterocycles. The van der Waals surface area contributed by atoms with Crippen LogP contribution in [0.1, 0.15) is 22.8 Å². The van der Waals surface area contributed by atoms with Gasteiger partial charge in [-0.25, -0.2) is 9.18 Å². The van der Waals surface area contributed by atoms with Crippen molar-refractivity contribution in [1.29, 1.82) is 0 Å². The maximum atomic E-state index is 14.5. The molecular weight excluding hydrogens is 403 g/mol. The number of anilines is 1. The molecule has 1 fully saturated rings. The number of nitrogens with one attached hydrogen (secondary N) is 1. The lowest BCUT2D eigenvalue weighted by Crippen LogP contribution is -2.35. The number of esters is 1. The number of phenols is 1. The van der Waals surface area contributed by atoms with E-state index in [1.165, 1.54) is 30.5 Å². The number of hydrogen-bond acceptors (Lipinski definition) is 7. The highest BCUT2D eigenvalue weighted by Gasteiger charge is 2.24. The summed E-state index contributed by atoms with van der Waals surface area (Å²) in [5.41, 5.74) is 0.669. The third kappa shape index (κ3) is 6.13. The minimum atomic E-state index is -0.863. The summed E-state index contributed by atoms with van der Waals surface area (Å²) in [6.45, 7) is 4.99. The van der Waals surface area contributed by atoms with E-state index < -0.39 is 17.6 Å². The number of halogens is 1. The predicted octanol–water partition coefficient (Wildman–Crippen LogP) is 3.11. The molecule has 1 saturated heterocycles. The molecule has 2 N–H and O–H groups in total. The Bertz CT molecular complexity index is 970. The van der Waals surface area contributed by atoms with Crippen molar-refractivity contribution in [3.05, 3.63) is 71.2 Å². The number of benzene rings is 2. The van der Waals surface area contributed by atoms with Gasteiger partial charge < -0.3 is 19.9 Å². The predicted molar refractivity (Wildman–Crippen MR) is 113 cm³/mol. The van der Waals surface area contributed by atoms with Gasteiger partial charge in [0.2, 0.25) is 5.78 Å². The minimum Gasteiger partial charge on any atom is -0.508 e. The lowest BCUT2D eigenvalue weighted by molar-refractivity contribution is -0.138. The van der Waals surface area contributed by atoms with Crippen molar-refractivity contribution in [3.8, 4) is 5.75 Å². The molecule has 31 heavy (non-hydrogen) atoms. The van der Waals surface area contributed by atoms with E-state index in [0.717, 1.165) is 18.7 Å². The highest BCUT2D eigenvalue weighted by Crippen LogP contribution is 2.20. The van der Waals surface area contributed by atoms with Gasteiger partial charge in [-0.1, -0.05) is 12.1 Å². The molecule has 164 valence electrons. The van der Waals surface area contributed by atoms with Crippen LogP contribution in [0.25, 0.3) is 0 Å². The lowest BCUT2D eigenvalue weighted by Gasteiger charge is -2.26. The van der Waals surface area contributed by atoms with Crippen LogP contribution in [0.2, 0.25) is 0 Å². The Balaban J connectivity index is 1.86. The monoisotopic (exact) mass is 428 g/mol. The molecular formula is C23H25FN2O5. The fourth-order valence-corrected chi connectivity index (χ4v) is 3.18. The first-order valence-electron chi connectivity index (χ1n) is 10.0. The molecule has 0 bridgehead atoms. The molecule has 0 saturated carbocycles. The molecule has 0 atom stereocenters. The zero-order chi connectivity index (χ0) is 22.2. The summed E-state index contributed by atoms with van der Waals surface area (Å²) >= 11 is 0. The SMILES string of the molecule is CCOC(=O)/C(=C\Nc1cccc(O)c1)C(=O)c1cc(CN2CCOCC2)ccc1F. The van der Waals surface area contributed by atoms with Crippen LogP contribution < -0.4 is 5.32 Å². The smallest absolute Gasteiger partial charge is 0.343 e. The van der Waals surface area contributed by atoms with Crippen molar-refractivity contribution in [2.24, 2.45) is 0 Å². The minimum absolute atomic E-state index is 0.0178. The standard InChI is InChI=1S/C23H25FN2O5/c1-2-31-23(29)20(14-25-17-4-3-5-18(27)13-17)22(28)19-12-16(6-7-21(19)24)15-26-8-10-30-11-9-26/h3-7,12-14,25,27H,2,8-11,15H2,1H3/b20-14-. The van der Waals surface area contributed by atoms with Crippen LogP contribution in [0.15, 0.2) is 54.2 Å². The second-order valence-corrected chi connectivity index (χ2v) is 7.00. The number of hydrogen-bond donors (Lipinski definition) is 2. The van der Waals surface area contributed by atoms with Gasteiger partial charge in [-0.15, -0.1) is 0 Å². The normalized spacial score (nSPS) is 14.8. The van der Waals surface area contributed by atoms with Gasteiger partial charge >= 0.3 is 5.97 Å². The fraction of sp³-hybridized carbons (Fsp3) is 0.304. The van der Waals surface area contributed by atoms with Gasteiger partial charge in [0.15, 0.2) is 0 Å². The summed E-state index contributed by atoms with van der Waals surface area (Å²) < 4.78 is 24.9. The zero-order valence-corrected chi connectivity index (χ0v) is 17.3. The lowest BCUT2D eigenvalue weighted by atomic mass is 10.0. The van der Waals surface area contributed by atoms with E-state index in [9.17, 15) is 19.1 Å². The average Bonchev–Trinajstić information content (AvgIpc) is 2.76. The number of phenolic OH excluding ortho intramolecular Hbond substituents is 1. The second kappa shape index (κ2) is 10.7. The van der Waals surface area contributed by atoms with Gasteiger partial charge in [0.25, 0.3) is 0 Å². The molecule has 7 nitrogen and oxygen atoms in total. The van der Waals surface area contributed by atoms with Crippen LogP contribution in [0.4, 0.5) is 10.1 Å². The number of carbonyl (C=O) groups excluding carboxylic acids is 2. The number of Topliss-reactive ketones (excluding diaryl/α,β-unsaturated/α-hetero) is 1. The number of morpholine rings is 1. The molecule has 1 heterocycles. The number of ether oxygens (including phenoxy) is 2. The summed E-state index contributed by atoms with van der Waals surface area (Å²) in [6, 6.07) is 10.5. The molecule has 2 aromatic rings. The van der Waals surface area contributed by atoms with Crippen molar-refractivity contribution < 1.29 is 28.6 Å². The van der Waals surface area contributed by atoms with Crippen molar-refractivity contribution in [2.45, 2.75) is 13.5 Å². The molecule has 2 aromatic carbocycles. The quantitative estimate of drug-likeness (QED) is 0.220. The average molecular weight is 428 g/mol. The fourth-order valence-electron chi connectivity index (χ4n) is 3.18. The first kappa shape index (κ1) is 22.5. The third-order valence-electron chi connectivity index (χ3n) is 4.75. The number of rotatable bonds is 8. The summed E-state index contributed by atoms with van der Waals surface area (Å²) in [5, 5.41) is 12.4. The third-order valence-corrected chi connectivity index (χ3v) is 4.75. The molecule has 0 spiro atoms. The van der Waals surface area contributed by atoms with Crippen molar-refractivity contribution >= 4 is 17.4 Å². The number of aromatic hydroxyl groups is 1. The molecule has 0 radical (unpaired) electrons. The maximum Gasteiger partial charge on any atom is 0.343 e. The van der Waals surface area contributed by atoms with Crippen LogP contribution in [-0.4, -0.2) is 54.7 Å². The highest BCUT2D eigenvalue weighted by atomic mass is 19.1. The van der Waals surface area contributed by atoms with Crippen molar-refractivity contribution in [3.63, 3.8) is 0 Å². The Morgan fingerprint density at radius 1 is 1.23 bits per heavy atom. The van der Waals surface area contributed by atoms with Crippen LogP contribution in [0.5, 0.6) is 5.75 Å². The van der Waals surface area contributed by atoms with Gasteiger partial charge in [-0.3, -0.25) is 9.69 Å². The molecule has 0 aliphatic carbocycles. The Kier molecular flexibility index (Phi) is 7.75. The molecule has 8 heteroatoms. The molecule has 0 unspecified atom stereocenters. The first-order valence-corrected chi connectivity index (χ1v) is 10.0. The summed E-state index contributed by atoms with van der Waals surface area (Å²) in [6.07, 6.45) is 1.17. The van der Waals surface area contributed by atoms with Crippen LogP contribution in [0.3, 0.4) is 0 Å². The van der Waals surface area contributed by atoms with E-state index in [1.807, 2.05) is 0 Å². The second-order valence-electron chi connectivity index (χ2n) is 7.00. The topological polar surface area (TPSA) is 88.1 Å². The van der Waals surface area contributed by atoms with E-state index in [4.69, 9.17) is 9.47 Å². The van der Waals surface area contributed by atoms with Gasteiger partial charge in [0.1, 0.15) is 17.1 Å². The molecule has 1 aliphatic rings. The van der Waals surface area contributed by atoms with E-state index in [-0.39, 0.29) is 23.5 Å². The Morgan fingerprint density at radius 2 is 2.00 bits per heavy atom. The van der Waals surface area contributed by atoms with Gasteiger partial charge in [-0.05, 0) is 36.8 Å². The van der Waals surface area contributed by atoms with E-state index in [1.54, 1.807) is 25.1 Å². The number of ketones is 1. The van der Waals surface area contributed by atoms with Gasteiger partial charge in [0.05, 0.1) is 25.4 Å². The first-order chi connectivity index (χ1) is 15.0. The molecule has 0 aromatic heterocycles. The highest BCUT2D eigenvalue weighted by molar-refractivity contribution is 6.24. The zero-order valence-electron chi connectivity index (χ0n) is 17.3. The van der Waals surface area contributed by atoms with Gasteiger partial charge in [0, 0.05) is 37.6 Å². The van der Waals surface area contributed by atoms with Crippen LogP contribution in [-0.2, 0) is 20.8 Å². The van der Waals surface area contributed by atoms with Crippen LogP contribution >= 0.6 is 0 Å². The molecule has 0 amide bonds. The van der Waals surface area contributed by atoms with Crippen molar-refractivity contribution in [2.75, 3.05) is 38.2 Å². The van der Waals surface area contributed by atoms with Gasteiger partial charge in [-0.2, -0.15) is 0 Å². The van der Waals surface area contributed by atoms with E-state index in [2.05, 4.69) is 10.2 Å². The Morgan fingerprint density at radius 3 is 2.71 bits per heavy atom.